The number of aryl methyl sites for hydroxylation is 1. The van der Waals surface area contributed by atoms with Gasteiger partial charge in [-0.1, -0.05) is 25.7 Å². The molecular formula is C17H28N6O3. The molecule has 1 aromatic heterocycles. The Hall–Kier alpha value is -2.03. The van der Waals surface area contributed by atoms with Crippen LogP contribution in [0.4, 0.5) is 0 Å². The second kappa shape index (κ2) is 8.57. The smallest absolute Gasteiger partial charge is 0.233 e. The summed E-state index contributed by atoms with van der Waals surface area (Å²) in [7, 11) is 0. The molecule has 0 unspecified atom stereocenters. The highest BCUT2D eigenvalue weighted by Gasteiger charge is 2.37. The number of carbonyl (C=O) groups excluding carboxylic acids is 2. The lowest BCUT2D eigenvalue weighted by Gasteiger charge is -2.29. The van der Waals surface area contributed by atoms with Gasteiger partial charge < -0.3 is 4.90 Å². The van der Waals surface area contributed by atoms with E-state index in [0.29, 0.717) is 42.7 Å². The van der Waals surface area contributed by atoms with E-state index in [1.807, 2.05) is 11.8 Å². The maximum Gasteiger partial charge on any atom is 0.233 e. The zero-order valence-electron chi connectivity index (χ0n) is 15.3. The molecule has 1 aliphatic carbocycles. The molecule has 9 nitrogen and oxygen atoms in total. The van der Waals surface area contributed by atoms with E-state index in [9.17, 15) is 14.8 Å². The van der Waals surface area contributed by atoms with Crippen LogP contribution in [-0.4, -0.2) is 60.8 Å². The number of hydrogen-bond acceptors (Lipinski definition) is 6. The van der Waals surface area contributed by atoms with Gasteiger partial charge in [0.1, 0.15) is 0 Å². The van der Waals surface area contributed by atoms with Gasteiger partial charge in [0, 0.05) is 6.54 Å². The monoisotopic (exact) mass is 364 g/mol. The molecule has 2 heterocycles. The first-order chi connectivity index (χ1) is 12.6. The number of hydroxylamine groups is 2. The number of nitrogens with zero attached hydrogens (tertiary/aromatic N) is 6. The Balaban J connectivity index is 1.73. The van der Waals surface area contributed by atoms with E-state index in [1.54, 1.807) is 0 Å². The predicted molar refractivity (Wildman–Crippen MR) is 91.8 cm³/mol. The minimum atomic E-state index is -0.393. The third kappa shape index (κ3) is 4.20. The summed E-state index contributed by atoms with van der Waals surface area (Å²) in [6.45, 7) is 3.27. The van der Waals surface area contributed by atoms with Crippen LogP contribution >= 0.6 is 0 Å². The van der Waals surface area contributed by atoms with Crippen molar-refractivity contribution in [3.63, 3.8) is 0 Å². The van der Waals surface area contributed by atoms with Gasteiger partial charge in [-0.2, -0.15) is 4.80 Å². The highest BCUT2D eigenvalue weighted by atomic mass is 16.5. The summed E-state index contributed by atoms with van der Waals surface area (Å²) < 4.78 is 0. The van der Waals surface area contributed by atoms with E-state index < -0.39 is 5.92 Å². The zero-order chi connectivity index (χ0) is 18.5. The van der Waals surface area contributed by atoms with Crippen molar-refractivity contribution in [2.75, 3.05) is 13.1 Å². The quantitative estimate of drug-likeness (QED) is 0.425. The van der Waals surface area contributed by atoms with Gasteiger partial charge in [0.2, 0.25) is 12.3 Å². The number of rotatable bonds is 8. The van der Waals surface area contributed by atoms with Crippen LogP contribution in [0.15, 0.2) is 0 Å². The SMILES string of the molecule is CCn1nnc([C@@H]2CCCN2C(=O)[C@@H](CC2CCCC2)CN(O)C=O)n1. The van der Waals surface area contributed by atoms with E-state index in [4.69, 9.17) is 0 Å². The fourth-order valence-electron chi connectivity index (χ4n) is 4.23. The maximum atomic E-state index is 13.2. The molecule has 1 aromatic rings. The molecule has 26 heavy (non-hydrogen) atoms. The average molecular weight is 364 g/mol. The minimum Gasteiger partial charge on any atom is -0.332 e. The number of hydrogen-bond donors (Lipinski definition) is 1. The molecule has 0 radical (unpaired) electrons. The van der Waals surface area contributed by atoms with Gasteiger partial charge >= 0.3 is 0 Å². The summed E-state index contributed by atoms with van der Waals surface area (Å²) in [6, 6.07) is -0.169. The van der Waals surface area contributed by atoms with Gasteiger partial charge in [-0.25, -0.2) is 5.06 Å². The first kappa shape index (κ1) is 18.8. The Labute approximate surface area is 153 Å². The van der Waals surface area contributed by atoms with Gasteiger partial charge in [0.15, 0.2) is 5.82 Å². The Bertz CT molecular complexity index is 615. The van der Waals surface area contributed by atoms with Crippen LogP contribution in [0.25, 0.3) is 0 Å². The van der Waals surface area contributed by atoms with E-state index in [-0.39, 0.29) is 18.5 Å². The summed E-state index contributed by atoms with van der Waals surface area (Å²) in [5.74, 6) is 0.654. The van der Waals surface area contributed by atoms with Crippen LogP contribution in [0, 0.1) is 11.8 Å². The second-order valence-electron chi connectivity index (χ2n) is 7.34. The van der Waals surface area contributed by atoms with Gasteiger partial charge in [-0.3, -0.25) is 14.8 Å². The van der Waals surface area contributed by atoms with Crippen molar-refractivity contribution in [1.29, 1.82) is 0 Å². The molecule has 1 saturated heterocycles. The van der Waals surface area contributed by atoms with Gasteiger partial charge in [-0.15, -0.1) is 10.2 Å². The largest absolute Gasteiger partial charge is 0.332 e. The molecule has 0 aromatic carbocycles. The van der Waals surface area contributed by atoms with Crippen molar-refractivity contribution in [3.05, 3.63) is 5.82 Å². The second-order valence-corrected chi connectivity index (χ2v) is 7.34. The summed E-state index contributed by atoms with van der Waals surface area (Å²) in [6.07, 6.45) is 7.40. The molecule has 1 aliphatic heterocycles. The number of amides is 2. The van der Waals surface area contributed by atoms with Crippen LogP contribution in [0.2, 0.25) is 0 Å². The molecule has 9 heteroatoms. The summed E-state index contributed by atoms with van der Waals surface area (Å²) in [5.41, 5.74) is 0. The molecule has 3 rings (SSSR count). The van der Waals surface area contributed by atoms with Crippen molar-refractivity contribution >= 4 is 12.3 Å². The molecule has 144 valence electrons. The Morgan fingerprint density at radius 2 is 2.12 bits per heavy atom. The van der Waals surface area contributed by atoms with Crippen molar-refractivity contribution in [2.45, 2.75) is 64.5 Å². The van der Waals surface area contributed by atoms with Gasteiger partial charge in [-0.05, 0) is 37.3 Å². The summed E-state index contributed by atoms with van der Waals surface area (Å²) in [5, 5.41) is 22.7. The predicted octanol–water partition coefficient (Wildman–Crippen LogP) is 1.40. The lowest BCUT2D eigenvalue weighted by molar-refractivity contribution is -0.157. The Kier molecular flexibility index (Phi) is 6.18. The van der Waals surface area contributed by atoms with Crippen LogP contribution in [0.1, 0.15) is 63.7 Å². The number of tetrazole rings is 1. The highest BCUT2D eigenvalue weighted by Crippen LogP contribution is 2.35. The average Bonchev–Trinajstić information content (AvgIpc) is 3.40. The van der Waals surface area contributed by atoms with Crippen LogP contribution in [0.3, 0.4) is 0 Å². The van der Waals surface area contributed by atoms with Crippen LogP contribution < -0.4 is 0 Å². The molecule has 2 fully saturated rings. The van der Waals surface area contributed by atoms with Crippen LogP contribution in [0.5, 0.6) is 0 Å². The fraction of sp³-hybridized carbons (Fsp3) is 0.824. The molecule has 0 bridgehead atoms. The first-order valence-electron chi connectivity index (χ1n) is 9.61. The Morgan fingerprint density at radius 1 is 1.35 bits per heavy atom. The Morgan fingerprint density at radius 3 is 2.77 bits per heavy atom. The fourth-order valence-corrected chi connectivity index (χ4v) is 4.23. The molecular weight excluding hydrogens is 336 g/mol. The third-order valence-electron chi connectivity index (χ3n) is 5.56. The van der Waals surface area contributed by atoms with Crippen molar-refractivity contribution < 1.29 is 14.8 Å². The van der Waals surface area contributed by atoms with Gasteiger partial charge in [0.05, 0.1) is 25.0 Å². The van der Waals surface area contributed by atoms with E-state index in [2.05, 4.69) is 15.4 Å². The third-order valence-corrected chi connectivity index (χ3v) is 5.56. The highest BCUT2D eigenvalue weighted by molar-refractivity contribution is 5.80. The zero-order valence-corrected chi connectivity index (χ0v) is 15.3. The molecule has 1 N–H and O–H groups in total. The van der Waals surface area contributed by atoms with E-state index >= 15 is 0 Å². The number of aromatic nitrogens is 4. The lowest BCUT2D eigenvalue weighted by atomic mass is 9.91. The summed E-state index contributed by atoms with van der Waals surface area (Å²) >= 11 is 0. The van der Waals surface area contributed by atoms with Crippen molar-refractivity contribution in [1.82, 2.24) is 30.2 Å². The number of carbonyl (C=O) groups is 2. The summed E-state index contributed by atoms with van der Waals surface area (Å²) in [4.78, 5) is 27.4. The first-order valence-corrected chi connectivity index (χ1v) is 9.61. The lowest BCUT2D eigenvalue weighted by Crippen LogP contribution is -2.41. The minimum absolute atomic E-state index is 0.0202. The number of likely N-dealkylation sites (tertiary alicyclic amines) is 1. The standard InChI is InChI=1S/C17H28N6O3/c1-2-23-19-16(18-20-23)15-8-5-9-22(15)17(25)14(11-21(26)12-24)10-13-6-3-4-7-13/h12-15,26H,2-11H2,1H3/t14-,15-/m0/s1. The van der Waals surface area contributed by atoms with Crippen LogP contribution in [-0.2, 0) is 16.1 Å². The van der Waals surface area contributed by atoms with Crippen molar-refractivity contribution in [2.24, 2.45) is 11.8 Å². The molecule has 2 aliphatic rings. The maximum absolute atomic E-state index is 13.2. The van der Waals surface area contributed by atoms with Crippen molar-refractivity contribution in [3.8, 4) is 0 Å². The molecule has 2 amide bonds. The molecule has 1 saturated carbocycles. The topological polar surface area (TPSA) is 104 Å². The molecule has 0 spiro atoms. The normalized spacial score (nSPS) is 21.9. The van der Waals surface area contributed by atoms with E-state index in [1.165, 1.54) is 17.6 Å². The van der Waals surface area contributed by atoms with Gasteiger partial charge in [0.25, 0.3) is 0 Å². The molecule has 2 atom stereocenters. The van der Waals surface area contributed by atoms with E-state index in [0.717, 1.165) is 25.7 Å².